The van der Waals surface area contributed by atoms with Crippen LogP contribution in [0.3, 0.4) is 0 Å². The third-order valence-electron chi connectivity index (χ3n) is 9.75. The number of ether oxygens (including phenoxy) is 2. The highest BCUT2D eigenvalue weighted by Gasteiger charge is 2.28. The van der Waals surface area contributed by atoms with E-state index in [9.17, 15) is 28.8 Å². The van der Waals surface area contributed by atoms with Gasteiger partial charge >= 0.3 is 0 Å². The number of Topliss-reactive ketones (excluding diaryl/α,β-unsaturated/α-hetero) is 2. The van der Waals surface area contributed by atoms with Crippen molar-refractivity contribution in [2.45, 2.75) is 64.4 Å². The van der Waals surface area contributed by atoms with E-state index in [4.69, 9.17) is 55.9 Å². The summed E-state index contributed by atoms with van der Waals surface area (Å²) in [6.07, 6.45) is 0. The molecule has 5 aromatic carbocycles. The summed E-state index contributed by atoms with van der Waals surface area (Å²) >= 11 is 25.8. The average Bonchev–Trinajstić information content (AvgIpc) is 3.29. The predicted octanol–water partition coefficient (Wildman–Crippen LogP) is 12.3. The third kappa shape index (κ3) is 13.2. The van der Waals surface area contributed by atoms with E-state index in [0.717, 1.165) is 13.8 Å². The number of hydrogen-bond donors (Lipinski definition) is 4. The Hall–Kier alpha value is -6.72. The molecule has 0 radical (unpaired) electrons. The number of rotatable bonds is 20. The normalized spacial score (nSPS) is 13.0. The highest BCUT2D eigenvalue weighted by molar-refractivity contribution is 6.37. The minimum absolute atomic E-state index is 0.00793. The Morgan fingerprint density at radius 1 is 0.529 bits per heavy atom. The van der Waals surface area contributed by atoms with Crippen molar-refractivity contribution in [1.82, 2.24) is 0 Å². The number of azo groups is 2. The van der Waals surface area contributed by atoms with Crippen LogP contribution in [0.2, 0.25) is 10.0 Å². The van der Waals surface area contributed by atoms with Gasteiger partial charge in [0.05, 0.1) is 56.5 Å². The molecular weight excluding hydrogens is 958 g/mol. The molecule has 0 heterocycles. The number of nitrogens with zero attached hydrogens (tertiary/aromatic N) is 4. The van der Waals surface area contributed by atoms with E-state index in [0.29, 0.717) is 22.5 Å². The van der Waals surface area contributed by atoms with Crippen molar-refractivity contribution in [1.29, 1.82) is 0 Å². The van der Waals surface area contributed by atoms with Crippen LogP contribution in [0.4, 0.5) is 34.1 Å². The summed E-state index contributed by atoms with van der Waals surface area (Å²) in [5.74, 6) is -4.22. The lowest BCUT2D eigenvalue weighted by molar-refractivity contribution is -0.127. The summed E-state index contributed by atoms with van der Waals surface area (Å²) in [4.78, 5) is 79.7. The number of alkyl halides is 2. The third-order valence-corrected chi connectivity index (χ3v) is 11.0. The Labute approximate surface area is 412 Å². The number of carbonyl (C=O) groups is 6. The molecule has 0 aliphatic carbocycles. The summed E-state index contributed by atoms with van der Waals surface area (Å²) < 4.78 is 11.6. The van der Waals surface area contributed by atoms with Gasteiger partial charge in [0.2, 0.25) is 12.1 Å². The first-order chi connectivity index (χ1) is 32.4. The minimum atomic E-state index is -1.69. The van der Waals surface area contributed by atoms with Crippen molar-refractivity contribution >= 4 is 116 Å². The maximum Gasteiger partial charge on any atom is 0.258 e. The van der Waals surface area contributed by atoms with Gasteiger partial charge in [-0.2, -0.15) is 20.5 Å². The second-order valence-electron chi connectivity index (χ2n) is 14.7. The summed E-state index contributed by atoms with van der Waals surface area (Å²) in [7, 11) is 0. The molecule has 0 saturated heterocycles. The second-order valence-corrected chi connectivity index (χ2v) is 16.8. The molecule has 5 rings (SSSR count). The van der Waals surface area contributed by atoms with Crippen LogP contribution in [0, 0.1) is 0 Å². The zero-order chi connectivity index (χ0) is 49.7. The average molecular weight is 1000 g/mol. The number of hydrogen-bond acceptors (Lipinski definition) is 12. The Morgan fingerprint density at radius 3 is 1.24 bits per heavy atom. The molecule has 4 amide bonds. The number of ketones is 2. The molecule has 0 saturated carbocycles. The van der Waals surface area contributed by atoms with Gasteiger partial charge in [0.25, 0.3) is 23.6 Å². The van der Waals surface area contributed by atoms with Gasteiger partial charge in [-0.1, -0.05) is 71.7 Å². The number of halogens is 4. The molecule has 0 aliphatic rings. The molecule has 0 fully saturated rings. The first-order valence-electron chi connectivity index (χ1n) is 21.0. The van der Waals surface area contributed by atoms with Crippen molar-refractivity contribution in [3.05, 3.63) is 129 Å². The minimum Gasteiger partial charge on any atom is -0.492 e. The molecule has 5 aromatic rings. The predicted molar refractivity (Wildman–Crippen MR) is 264 cm³/mol. The van der Waals surface area contributed by atoms with E-state index in [1.54, 1.807) is 76.2 Å². The van der Waals surface area contributed by atoms with Gasteiger partial charge < -0.3 is 30.7 Å². The fraction of sp³-hybridized carbons (Fsp3) is 0.250. The number of para-hydroxylation sites is 2. The van der Waals surface area contributed by atoms with Crippen LogP contribution in [0.25, 0.3) is 0 Å². The highest BCUT2D eigenvalue weighted by atomic mass is 35.5. The standard InChI is InChI=1S/C48H46Cl4N8O8/c1-7-67-39-23-38(56-48(66)44(28(6)62)60-58-36-22-14-18-32(42(36)52)46(64)54-34-20-12-10-16-30(34)26(4)50)40(68-8-2)24-37(39)55-47(65)43(27(5)61)59-57-35-21-13-17-31(41(35)51)45(63)53-33-19-11-9-15-29(33)25(3)49/h9-26,43-44H,7-8H2,1-6H3,(H,53,63)(H,54,64)(H,55,65)(H,56,66). The van der Waals surface area contributed by atoms with Crippen LogP contribution < -0.4 is 30.7 Å². The van der Waals surface area contributed by atoms with E-state index >= 15 is 0 Å². The van der Waals surface area contributed by atoms with E-state index in [2.05, 4.69) is 41.7 Å². The molecule has 20 heteroatoms. The molecule has 0 spiro atoms. The maximum absolute atomic E-state index is 13.7. The van der Waals surface area contributed by atoms with Gasteiger partial charge in [0.15, 0.2) is 11.6 Å². The summed E-state index contributed by atoms with van der Waals surface area (Å²) in [6.45, 7) is 9.38. The molecule has 4 atom stereocenters. The molecule has 16 nitrogen and oxygen atoms in total. The monoisotopic (exact) mass is 1000 g/mol. The Kier molecular flexibility index (Phi) is 18.7. The zero-order valence-corrected chi connectivity index (χ0v) is 40.6. The van der Waals surface area contributed by atoms with E-state index in [-0.39, 0.29) is 68.6 Å². The number of nitrogens with one attached hydrogen (secondary N) is 4. The summed E-state index contributed by atoms with van der Waals surface area (Å²) in [6, 6.07) is 22.3. The van der Waals surface area contributed by atoms with Crippen molar-refractivity contribution in [3.8, 4) is 11.5 Å². The van der Waals surface area contributed by atoms with Crippen molar-refractivity contribution in [3.63, 3.8) is 0 Å². The van der Waals surface area contributed by atoms with Gasteiger partial charge in [-0.15, -0.1) is 23.2 Å². The van der Waals surface area contributed by atoms with Gasteiger partial charge in [-0.05, 0) is 89.1 Å². The van der Waals surface area contributed by atoms with Gasteiger partial charge in [0.1, 0.15) is 22.9 Å². The molecule has 354 valence electrons. The second kappa shape index (κ2) is 24.3. The van der Waals surface area contributed by atoms with Crippen LogP contribution in [0.1, 0.15) is 84.1 Å². The van der Waals surface area contributed by atoms with E-state index in [1.165, 1.54) is 48.5 Å². The van der Waals surface area contributed by atoms with Gasteiger partial charge in [0, 0.05) is 23.5 Å². The van der Waals surface area contributed by atoms with Crippen LogP contribution >= 0.6 is 46.4 Å². The van der Waals surface area contributed by atoms with E-state index in [1.807, 2.05) is 0 Å². The molecule has 0 bridgehead atoms. The smallest absolute Gasteiger partial charge is 0.258 e. The molecule has 0 aliphatic heterocycles. The fourth-order valence-electron chi connectivity index (χ4n) is 6.42. The Balaban J connectivity index is 1.35. The lowest BCUT2D eigenvalue weighted by Gasteiger charge is -2.19. The fourth-order valence-corrected chi connectivity index (χ4v) is 7.30. The summed E-state index contributed by atoms with van der Waals surface area (Å²) in [5, 5.41) is 26.0. The number of anilines is 4. The lowest BCUT2D eigenvalue weighted by Crippen LogP contribution is -2.32. The number of benzene rings is 5. The number of amides is 4. The maximum atomic E-state index is 13.7. The SMILES string of the molecule is CCOc1cc(NC(=O)C(N=Nc2cccc(C(=O)Nc3ccccc3C(C)Cl)c2Cl)C(C)=O)c(OCC)cc1NC(=O)C(N=Nc1cccc(C(=O)Nc2ccccc2C(C)Cl)c1Cl)C(C)=O. The lowest BCUT2D eigenvalue weighted by atomic mass is 10.1. The molecule has 4 unspecified atom stereocenters. The van der Waals surface area contributed by atoms with Crippen molar-refractivity contribution in [2.75, 3.05) is 34.5 Å². The largest absolute Gasteiger partial charge is 0.492 e. The zero-order valence-electron chi connectivity index (χ0n) is 37.5. The highest BCUT2D eigenvalue weighted by Crippen LogP contribution is 2.38. The molecule has 0 aromatic heterocycles. The first kappa shape index (κ1) is 52.3. The quantitative estimate of drug-likeness (QED) is 0.0333. The molecule has 4 N–H and O–H groups in total. The van der Waals surface area contributed by atoms with E-state index < -0.39 is 58.0 Å². The molecular formula is C48H46Cl4N8O8. The Bertz CT molecular complexity index is 2600. The molecule has 68 heavy (non-hydrogen) atoms. The van der Waals surface area contributed by atoms with Crippen LogP contribution in [0.5, 0.6) is 11.5 Å². The van der Waals surface area contributed by atoms with Crippen molar-refractivity contribution < 1.29 is 38.2 Å². The Morgan fingerprint density at radius 2 is 0.897 bits per heavy atom. The topological polar surface area (TPSA) is 218 Å². The number of carbonyl (C=O) groups excluding carboxylic acids is 6. The van der Waals surface area contributed by atoms with Crippen molar-refractivity contribution in [2.24, 2.45) is 20.5 Å². The van der Waals surface area contributed by atoms with Crippen LogP contribution in [-0.4, -0.2) is 60.5 Å². The van der Waals surface area contributed by atoms with Crippen LogP contribution in [-0.2, 0) is 19.2 Å². The van der Waals surface area contributed by atoms with Crippen LogP contribution in [0.15, 0.2) is 118 Å². The van der Waals surface area contributed by atoms with Gasteiger partial charge in [-0.3, -0.25) is 28.8 Å². The van der Waals surface area contributed by atoms with Gasteiger partial charge in [-0.25, -0.2) is 0 Å². The summed E-state index contributed by atoms with van der Waals surface area (Å²) in [5.41, 5.74) is 2.55. The first-order valence-corrected chi connectivity index (χ1v) is 22.6.